The van der Waals surface area contributed by atoms with E-state index in [1.54, 1.807) is 21.5 Å². The zero-order chi connectivity index (χ0) is 13.4. The molecular formula is C11H10Br3N3O. The number of aryl methyl sites for hydroxylation is 2. The Kier molecular flexibility index (Phi) is 4.13. The van der Waals surface area contributed by atoms with E-state index in [4.69, 9.17) is 0 Å². The van der Waals surface area contributed by atoms with Crippen molar-refractivity contribution in [3.63, 3.8) is 0 Å². The van der Waals surface area contributed by atoms with Gasteiger partial charge < -0.3 is 4.57 Å². The van der Waals surface area contributed by atoms with E-state index in [9.17, 15) is 4.79 Å². The lowest BCUT2D eigenvalue weighted by Crippen LogP contribution is -2.22. The number of hydrogen-bond acceptors (Lipinski definition) is 2. The number of aromatic nitrogens is 3. The van der Waals surface area contributed by atoms with E-state index in [2.05, 4.69) is 52.9 Å². The molecule has 4 nitrogen and oxygen atoms in total. The second kappa shape index (κ2) is 5.30. The fraction of sp³-hybridized carbons (Fsp3) is 0.273. The second-order valence-corrected chi connectivity index (χ2v) is 6.47. The molecule has 18 heavy (non-hydrogen) atoms. The van der Waals surface area contributed by atoms with Crippen LogP contribution in [0.25, 0.3) is 0 Å². The molecule has 2 aromatic rings. The van der Waals surface area contributed by atoms with Gasteiger partial charge in [-0.2, -0.15) is 5.10 Å². The summed E-state index contributed by atoms with van der Waals surface area (Å²) in [5.41, 5.74) is 1.80. The lowest BCUT2D eigenvalue weighted by Gasteiger charge is -2.08. The summed E-state index contributed by atoms with van der Waals surface area (Å²) in [6, 6.07) is 1.74. The van der Waals surface area contributed by atoms with Crippen LogP contribution < -0.4 is 5.56 Å². The first-order valence-electron chi connectivity index (χ1n) is 5.13. The molecule has 0 fully saturated rings. The molecule has 0 bridgehead atoms. The lowest BCUT2D eigenvalue weighted by atomic mass is 10.3. The summed E-state index contributed by atoms with van der Waals surface area (Å²) < 4.78 is 5.74. The summed E-state index contributed by atoms with van der Waals surface area (Å²) in [6.07, 6.45) is 1.77. The van der Waals surface area contributed by atoms with Gasteiger partial charge >= 0.3 is 0 Å². The van der Waals surface area contributed by atoms with Crippen molar-refractivity contribution in [2.75, 3.05) is 0 Å². The van der Waals surface area contributed by atoms with Crippen molar-refractivity contribution >= 4 is 47.8 Å². The third-order valence-corrected chi connectivity index (χ3v) is 4.62. The quantitative estimate of drug-likeness (QED) is 0.720. The molecule has 7 heteroatoms. The molecule has 0 aliphatic rings. The number of pyridine rings is 1. The van der Waals surface area contributed by atoms with Gasteiger partial charge in [0.2, 0.25) is 0 Å². The van der Waals surface area contributed by atoms with Crippen molar-refractivity contribution in [2.45, 2.75) is 13.5 Å². The van der Waals surface area contributed by atoms with Crippen LogP contribution in [0.2, 0.25) is 0 Å². The second-order valence-electron chi connectivity index (χ2n) is 3.91. The zero-order valence-corrected chi connectivity index (χ0v) is 14.5. The third-order valence-electron chi connectivity index (χ3n) is 2.59. The van der Waals surface area contributed by atoms with Crippen molar-refractivity contribution in [3.05, 3.63) is 47.4 Å². The first-order chi connectivity index (χ1) is 8.40. The molecule has 2 rings (SSSR count). The van der Waals surface area contributed by atoms with Crippen LogP contribution in [-0.2, 0) is 13.6 Å². The van der Waals surface area contributed by atoms with Crippen LogP contribution >= 0.6 is 47.8 Å². The van der Waals surface area contributed by atoms with Crippen molar-refractivity contribution in [1.29, 1.82) is 0 Å². The van der Waals surface area contributed by atoms with Gasteiger partial charge in [-0.05, 0) is 60.8 Å². The summed E-state index contributed by atoms with van der Waals surface area (Å²) in [5.74, 6) is 0. The van der Waals surface area contributed by atoms with Gasteiger partial charge in [-0.1, -0.05) is 0 Å². The van der Waals surface area contributed by atoms with E-state index in [0.29, 0.717) is 11.0 Å². The van der Waals surface area contributed by atoms with E-state index in [1.165, 1.54) is 0 Å². The fourth-order valence-corrected chi connectivity index (χ4v) is 3.41. The Morgan fingerprint density at radius 1 is 1.33 bits per heavy atom. The summed E-state index contributed by atoms with van der Waals surface area (Å²) in [4.78, 5) is 12.0. The number of hydrogen-bond donors (Lipinski definition) is 0. The number of nitrogens with zero attached hydrogens (tertiary/aromatic N) is 3. The van der Waals surface area contributed by atoms with Gasteiger partial charge in [0.1, 0.15) is 0 Å². The van der Waals surface area contributed by atoms with Crippen molar-refractivity contribution in [3.8, 4) is 0 Å². The molecular weight excluding hydrogens is 430 g/mol. The van der Waals surface area contributed by atoms with Gasteiger partial charge in [0.15, 0.2) is 0 Å². The highest BCUT2D eigenvalue weighted by molar-refractivity contribution is 9.11. The third kappa shape index (κ3) is 2.62. The van der Waals surface area contributed by atoms with E-state index in [-0.39, 0.29) is 5.56 Å². The molecule has 0 saturated heterocycles. The maximum Gasteiger partial charge on any atom is 0.265 e. The monoisotopic (exact) mass is 437 g/mol. The molecule has 0 amide bonds. The largest absolute Gasteiger partial charge is 0.307 e. The standard InChI is InChI=1S/C11H10Br3N3O/c1-6-10(14)9(16(2)15-6)5-17-4-7(12)3-8(13)11(17)18/h3-4H,5H2,1-2H3. The van der Waals surface area contributed by atoms with Crippen molar-refractivity contribution in [1.82, 2.24) is 14.3 Å². The molecule has 0 radical (unpaired) electrons. The van der Waals surface area contributed by atoms with E-state index in [1.807, 2.05) is 14.0 Å². The minimum Gasteiger partial charge on any atom is -0.307 e. The molecule has 0 aromatic carbocycles. The van der Waals surface area contributed by atoms with Crippen LogP contribution in [0.3, 0.4) is 0 Å². The highest BCUT2D eigenvalue weighted by atomic mass is 79.9. The molecule has 96 valence electrons. The minimum atomic E-state index is -0.0658. The van der Waals surface area contributed by atoms with Gasteiger partial charge in [-0.15, -0.1) is 0 Å². The van der Waals surface area contributed by atoms with Crippen LogP contribution in [0.5, 0.6) is 0 Å². The summed E-state index contributed by atoms with van der Waals surface area (Å²) >= 11 is 10.1. The predicted molar refractivity (Wildman–Crippen MR) is 80.8 cm³/mol. The molecule has 0 saturated carbocycles. The molecule has 0 aliphatic heterocycles. The summed E-state index contributed by atoms with van der Waals surface area (Å²) in [6.45, 7) is 2.39. The van der Waals surface area contributed by atoms with Gasteiger partial charge in [-0.3, -0.25) is 9.48 Å². The predicted octanol–water partition coefficient (Wildman–Crippen LogP) is 3.23. The van der Waals surface area contributed by atoms with E-state index in [0.717, 1.165) is 20.3 Å². The first-order valence-corrected chi connectivity index (χ1v) is 7.51. The van der Waals surface area contributed by atoms with Gasteiger partial charge in [-0.25, -0.2) is 0 Å². The van der Waals surface area contributed by atoms with Crippen molar-refractivity contribution in [2.24, 2.45) is 7.05 Å². The maximum atomic E-state index is 12.0. The highest BCUT2D eigenvalue weighted by Crippen LogP contribution is 2.21. The maximum absolute atomic E-state index is 12.0. The van der Waals surface area contributed by atoms with Crippen LogP contribution in [-0.4, -0.2) is 14.3 Å². The number of halogens is 3. The van der Waals surface area contributed by atoms with Crippen LogP contribution in [0, 0.1) is 6.92 Å². The van der Waals surface area contributed by atoms with E-state index >= 15 is 0 Å². The smallest absolute Gasteiger partial charge is 0.265 e. The van der Waals surface area contributed by atoms with Crippen molar-refractivity contribution < 1.29 is 0 Å². The zero-order valence-electron chi connectivity index (χ0n) is 9.75. The van der Waals surface area contributed by atoms with Gasteiger partial charge in [0.05, 0.1) is 26.9 Å². The Balaban J connectivity index is 2.49. The Labute approximate surface area is 129 Å². The molecule has 0 aliphatic carbocycles. The molecule has 2 aromatic heterocycles. The molecule has 0 N–H and O–H groups in total. The van der Waals surface area contributed by atoms with E-state index < -0.39 is 0 Å². The number of rotatable bonds is 2. The summed E-state index contributed by atoms with van der Waals surface area (Å²) in [7, 11) is 1.87. The Morgan fingerprint density at radius 2 is 2.00 bits per heavy atom. The highest BCUT2D eigenvalue weighted by Gasteiger charge is 2.12. The molecule has 0 atom stereocenters. The van der Waals surface area contributed by atoms with Gasteiger partial charge in [0.25, 0.3) is 5.56 Å². The van der Waals surface area contributed by atoms with Crippen LogP contribution in [0.15, 0.2) is 30.5 Å². The average molecular weight is 440 g/mol. The molecule has 0 unspecified atom stereocenters. The average Bonchev–Trinajstić information content (AvgIpc) is 2.52. The minimum absolute atomic E-state index is 0.0658. The topological polar surface area (TPSA) is 39.8 Å². The summed E-state index contributed by atoms with van der Waals surface area (Å²) in [5, 5.41) is 4.31. The Bertz CT molecular complexity index is 660. The first kappa shape index (κ1) is 14.0. The normalized spacial score (nSPS) is 10.9. The molecule has 2 heterocycles. The van der Waals surface area contributed by atoms with Gasteiger partial charge in [0, 0.05) is 17.7 Å². The Morgan fingerprint density at radius 3 is 2.56 bits per heavy atom. The SMILES string of the molecule is Cc1nn(C)c(Cn2cc(Br)cc(Br)c2=O)c1Br. The van der Waals surface area contributed by atoms with Crippen LogP contribution in [0.1, 0.15) is 11.4 Å². The lowest BCUT2D eigenvalue weighted by molar-refractivity contribution is 0.647. The fourth-order valence-electron chi connectivity index (χ4n) is 1.70. The Hall–Kier alpha value is -0.400. The molecule has 0 spiro atoms. The van der Waals surface area contributed by atoms with Crippen LogP contribution in [0.4, 0.5) is 0 Å².